The van der Waals surface area contributed by atoms with Crippen LogP contribution in [0.4, 0.5) is 0 Å². The summed E-state index contributed by atoms with van der Waals surface area (Å²) >= 11 is 5.97. The van der Waals surface area contributed by atoms with E-state index in [1.807, 2.05) is 23.8 Å². The number of halogens is 1. The summed E-state index contributed by atoms with van der Waals surface area (Å²) in [5.74, 6) is 0.955. The van der Waals surface area contributed by atoms with Crippen LogP contribution in [0, 0.1) is 138 Å². The van der Waals surface area contributed by atoms with Crippen LogP contribution in [0.15, 0.2) is 58.3 Å². The summed E-state index contributed by atoms with van der Waals surface area (Å²) < 4.78 is 25.7. The van der Waals surface area contributed by atoms with Gasteiger partial charge < -0.3 is 40.1 Å². The molecule has 3 saturated heterocycles. The first-order chi connectivity index (χ1) is 21.4. The van der Waals surface area contributed by atoms with E-state index in [1.54, 1.807) is 37.2 Å². The van der Waals surface area contributed by atoms with Crippen molar-refractivity contribution in [3.05, 3.63) is 59.1 Å². The molecule has 3 fully saturated rings. The molecule has 0 unspecified atom stereocenters. The van der Waals surface area contributed by atoms with Crippen molar-refractivity contribution in [2.24, 2.45) is 5.92 Å². The molecule has 0 amide bonds. The molecule has 3 aliphatic rings. The van der Waals surface area contributed by atoms with Gasteiger partial charge in [0, 0.05) is 156 Å². The van der Waals surface area contributed by atoms with Gasteiger partial charge in [-0.2, -0.15) is 0 Å². The fourth-order valence-electron chi connectivity index (χ4n) is 6.20. The topological polar surface area (TPSA) is 173 Å². The maximum absolute atomic E-state index is 12.9. The summed E-state index contributed by atoms with van der Waals surface area (Å²) in [6, 6.07) is 14.4. The number of ketones is 1. The molecule has 0 aliphatic carbocycles. The van der Waals surface area contributed by atoms with Crippen LogP contribution < -0.4 is 29.6 Å². The minimum Gasteiger partial charge on any atom is -0.639 e. The maximum atomic E-state index is 12.9. The van der Waals surface area contributed by atoms with Crippen LogP contribution in [-0.2, 0) is 21.1 Å². The number of sulfone groups is 1. The van der Waals surface area contributed by atoms with Gasteiger partial charge in [-0.3, -0.25) is 4.79 Å². The van der Waals surface area contributed by atoms with Gasteiger partial charge in [-0.15, -0.1) is 0 Å². The van der Waals surface area contributed by atoms with Gasteiger partial charge in [0.15, 0.2) is 0 Å². The molecule has 2 aromatic carbocycles. The average Bonchev–Trinajstić information content (AvgIpc) is 3.03. The minimum atomic E-state index is -3.55. The van der Waals surface area contributed by atoms with E-state index in [2.05, 4.69) is 9.71 Å². The normalized spacial score (nSPS) is 17.3. The van der Waals surface area contributed by atoms with Crippen LogP contribution >= 0.6 is 11.6 Å². The first kappa shape index (κ1) is 57.9. The van der Waals surface area contributed by atoms with Gasteiger partial charge in [0.05, 0.1) is 9.79 Å². The number of carbonyl (C=O) groups excluding carboxylic acids is 1. The Labute approximate surface area is 434 Å². The number of piperidine rings is 3. The molecule has 0 saturated carbocycles. The molecule has 2 aromatic rings. The van der Waals surface area contributed by atoms with Crippen LogP contribution in [0.3, 0.4) is 0 Å². The molecular weight excluding hydrogens is 1330 g/mol. The molecule has 0 atom stereocenters. The number of carbonyl (C=O) groups is 1. The molecule has 50 heavy (non-hydrogen) atoms. The molecule has 3 aliphatic heterocycles. The standard InChI is InChI=1S/C24H32BClN2O3S.C6H12BNO2.3Ac.BH2O2.Na.H2O/c1-25(29)28-15-11-22(12-16-28)27-13-9-20(10-14-27)17-19-5-7-23(8-6-19)32(30,31)24-4-2-3-21(26)18-24;1-7(10)8-4-2-6(9)3-5-8;;;;2-1-3;;/h2-8,18,20,22,29H,9-17H2,1H3;10H,2-5H2,1H3;;;;2-3H;;1H2/q;;;;;-1;+1;. The van der Waals surface area contributed by atoms with Gasteiger partial charge in [-0.05, 0) is 135 Å². The quantitative estimate of drug-likeness (QED) is 0.238. The van der Waals surface area contributed by atoms with Crippen molar-refractivity contribution < 1.29 is 201 Å². The number of Topliss-reactive ketones (excluding diaryl/α,β-unsaturated/α-hetero) is 1. The fraction of sp³-hybridized carbons (Fsp3) is 0.567. The van der Waals surface area contributed by atoms with Crippen molar-refractivity contribution in [2.75, 3.05) is 39.3 Å². The minimum absolute atomic E-state index is 0. The van der Waals surface area contributed by atoms with E-state index in [-0.39, 0.29) is 187 Å². The first-order valence-corrected chi connectivity index (χ1v) is 17.6. The van der Waals surface area contributed by atoms with Gasteiger partial charge in [0.1, 0.15) is 5.78 Å². The van der Waals surface area contributed by atoms with Gasteiger partial charge in [0.2, 0.25) is 9.84 Å². The monoisotopic (exact) mass is 1380 g/mol. The predicted molar refractivity (Wildman–Crippen MR) is 183 cm³/mol. The summed E-state index contributed by atoms with van der Waals surface area (Å²) in [5.41, 5.74) is 1.19. The molecular formula is C30H48Ac3B3ClN3NaO8S. The Bertz CT molecular complexity index is 1310. The number of likely N-dealkylation sites (tertiary alicyclic amines) is 1. The van der Waals surface area contributed by atoms with Gasteiger partial charge in [-0.1, -0.05) is 29.8 Å². The molecule has 20 heteroatoms. The predicted octanol–water partition coefficient (Wildman–Crippen LogP) is -1.55. The zero-order chi connectivity index (χ0) is 33.0. The number of nitrogens with zero attached hydrogens (tertiary/aromatic N) is 3. The Hall–Kier alpha value is 3.55. The zero-order valence-electron chi connectivity index (χ0n) is 29.6. The molecule has 5 rings (SSSR count). The van der Waals surface area contributed by atoms with Crippen LogP contribution in [0.5, 0.6) is 0 Å². The van der Waals surface area contributed by atoms with Crippen LogP contribution in [-0.4, -0.2) is 121 Å². The smallest absolute Gasteiger partial charge is 0.639 e. The molecule has 3 heterocycles. The van der Waals surface area contributed by atoms with E-state index in [9.17, 15) is 18.2 Å². The van der Waals surface area contributed by atoms with Crippen LogP contribution in [0.25, 0.3) is 0 Å². The molecule has 263 valence electrons. The van der Waals surface area contributed by atoms with Crippen molar-refractivity contribution in [1.82, 2.24) is 14.5 Å². The number of hydrogen-bond donors (Lipinski definition) is 4. The summed E-state index contributed by atoms with van der Waals surface area (Å²) in [6.45, 7) is 9.24. The molecule has 0 aromatic heterocycles. The van der Waals surface area contributed by atoms with Gasteiger partial charge in [0.25, 0.3) is 0 Å². The molecule has 0 spiro atoms. The zero-order valence-corrected chi connectivity index (χ0v) is 47.4. The third-order valence-electron chi connectivity index (χ3n) is 8.94. The number of benzene rings is 2. The molecule has 0 bridgehead atoms. The third kappa shape index (κ3) is 19.8. The van der Waals surface area contributed by atoms with Gasteiger partial charge in [-0.25, -0.2) is 8.42 Å². The van der Waals surface area contributed by atoms with Crippen molar-refractivity contribution in [1.29, 1.82) is 0 Å². The van der Waals surface area contributed by atoms with Crippen molar-refractivity contribution in [2.45, 2.75) is 74.4 Å². The third-order valence-corrected chi connectivity index (χ3v) is 10.9. The number of rotatable bonds is 7. The van der Waals surface area contributed by atoms with E-state index in [1.165, 1.54) is 24.5 Å². The molecule has 6 N–H and O–H groups in total. The molecule has 5 radical (unpaired) electrons. The Morgan fingerprint density at radius 3 is 1.74 bits per heavy atom. The summed E-state index contributed by atoms with van der Waals surface area (Å²) in [5, 5.41) is 33.2. The average molecular weight is 1380 g/mol. The van der Waals surface area contributed by atoms with E-state index < -0.39 is 16.9 Å². The maximum Gasteiger partial charge on any atom is 1.00 e. The van der Waals surface area contributed by atoms with Crippen molar-refractivity contribution in [3.63, 3.8) is 0 Å². The van der Waals surface area contributed by atoms with Crippen molar-refractivity contribution in [3.8, 4) is 0 Å². The second-order valence-electron chi connectivity index (χ2n) is 12.0. The van der Waals surface area contributed by atoms with Crippen LogP contribution in [0.1, 0.15) is 44.1 Å². The first-order valence-electron chi connectivity index (χ1n) is 15.7. The summed E-state index contributed by atoms with van der Waals surface area (Å²) in [4.78, 5) is 17.9. The Balaban J connectivity index is -0.00000105. The Morgan fingerprint density at radius 2 is 1.28 bits per heavy atom. The van der Waals surface area contributed by atoms with E-state index in [0.717, 1.165) is 58.5 Å². The van der Waals surface area contributed by atoms with E-state index >= 15 is 0 Å². The second-order valence-corrected chi connectivity index (χ2v) is 14.4. The number of hydrogen-bond acceptors (Lipinski definition) is 10. The Kier molecular flexibility index (Phi) is 35.4. The van der Waals surface area contributed by atoms with E-state index in [0.29, 0.717) is 40.5 Å². The van der Waals surface area contributed by atoms with E-state index in [4.69, 9.17) is 26.7 Å². The second kappa shape index (κ2) is 30.6. The largest absolute Gasteiger partial charge is 1.00 e. The van der Waals surface area contributed by atoms with Crippen LogP contribution in [0.2, 0.25) is 18.7 Å². The Morgan fingerprint density at radius 1 is 0.800 bits per heavy atom. The van der Waals surface area contributed by atoms with Crippen molar-refractivity contribution >= 4 is 49.0 Å². The fourth-order valence-corrected chi connectivity index (χ4v) is 7.76. The summed E-state index contributed by atoms with van der Waals surface area (Å²) in [6.07, 6.45) is 6.83. The summed E-state index contributed by atoms with van der Waals surface area (Å²) in [7, 11) is -4.29. The SMILES string of the molecule is CB(O)N1CCC(=O)CC1.CB(O)N1CCC(N2CCC(Cc3ccc(S(=O)(=O)c4cccc(Cl)c4)cc3)CC2)CC1.O.O[B-]O.[Ac].[Ac].[Ac].[Na+]. The van der Waals surface area contributed by atoms with Gasteiger partial charge >= 0.3 is 43.7 Å². The molecule has 11 nitrogen and oxygen atoms in total.